The molecule has 1 heterocycles. The molecule has 1 rings (SSSR count). The Morgan fingerprint density at radius 1 is 1.28 bits per heavy atom. The summed E-state index contributed by atoms with van der Waals surface area (Å²) in [6.07, 6.45) is 4.25. The fourth-order valence-electron chi connectivity index (χ4n) is 2.38. The van der Waals surface area contributed by atoms with Gasteiger partial charge < -0.3 is 15.4 Å². The van der Waals surface area contributed by atoms with Gasteiger partial charge in [-0.3, -0.25) is 4.79 Å². The molecule has 0 aromatic heterocycles. The number of ether oxygens (including phenoxy) is 1. The van der Waals surface area contributed by atoms with Gasteiger partial charge in [0.25, 0.3) is 0 Å². The van der Waals surface area contributed by atoms with E-state index < -0.39 is 0 Å². The summed E-state index contributed by atoms with van der Waals surface area (Å²) in [6, 6.07) is 0.499. The molecule has 0 aromatic rings. The number of amides is 1. The van der Waals surface area contributed by atoms with Crippen LogP contribution in [-0.2, 0) is 9.53 Å². The van der Waals surface area contributed by atoms with Crippen LogP contribution in [0.1, 0.15) is 46.5 Å². The van der Waals surface area contributed by atoms with Gasteiger partial charge in [-0.15, -0.1) is 0 Å². The maximum atomic E-state index is 12.2. The molecule has 4 heteroatoms. The summed E-state index contributed by atoms with van der Waals surface area (Å²) in [5.41, 5.74) is 0. The fourth-order valence-corrected chi connectivity index (χ4v) is 2.38. The molecule has 3 unspecified atom stereocenters. The first-order valence-corrected chi connectivity index (χ1v) is 7.34. The molecule has 18 heavy (non-hydrogen) atoms. The molecule has 4 nitrogen and oxygen atoms in total. The minimum Gasteiger partial charge on any atom is -0.379 e. The number of hydrogen-bond acceptors (Lipinski definition) is 3. The van der Waals surface area contributed by atoms with E-state index in [1.807, 2.05) is 0 Å². The van der Waals surface area contributed by atoms with E-state index in [1.165, 1.54) is 0 Å². The van der Waals surface area contributed by atoms with Crippen LogP contribution in [0.2, 0.25) is 0 Å². The molecule has 3 atom stereocenters. The zero-order valence-corrected chi connectivity index (χ0v) is 12.0. The van der Waals surface area contributed by atoms with Crippen LogP contribution in [0, 0.1) is 5.92 Å². The van der Waals surface area contributed by atoms with Crippen LogP contribution in [0.5, 0.6) is 0 Å². The number of rotatable bonds is 8. The Labute approximate surface area is 111 Å². The summed E-state index contributed by atoms with van der Waals surface area (Å²) in [6.45, 7) is 8.56. The van der Waals surface area contributed by atoms with Gasteiger partial charge in [0, 0.05) is 12.1 Å². The van der Waals surface area contributed by atoms with Gasteiger partial charge in [0.2, 0.25) is 5.91 Å². The van der Waals surface area contributed by atoms with Crippen LogP contribution in [0.3, 0.4) is 0 Å². The average molecular weight is 256 g/mol. The Bertz CT molecular complexity index is 246. The maximum absolute atomic E-state index is 12.2. The topological polar surface area (TPSA) is 50.4 Å². The molecule has 1 aliphatic heterocycles. The van der Waals surface area contributed by atoms with E-state index in [-0.39, 0.29) is 17.9 Å². The molecule has 0 saturated carbocycles. The first-order chi connectivity index (χ1) is 8.72. The lowest BCUT2D eigenvalue weighted by Crippen LogP contribution is -2.46. The van der Waals surface area contributed by atoms with Crippen molar-refractivity contribution in [3.05, 3.63) is 0 Å². The summed E-state index contributed by atoms with van der Waals surface area (Å²) < 4.78 is 5.44. The van der Waals surface area contributed by atoms with Crippen molar-refractivity contribution in [2.75, 3.05) is 19.8 Å². The van der Waals surface area contributed by atoms with Crippen molar-refractivity contribution < 1.29 is 9.53 Å². The lowest BCUT2D eigenvalue weighted by atomic mass is 10.0. The van der Waals surface area contributed by atoms with E-state index in [9.17, 15) is 4.79 Å². The fraction of sp³-hybridized carbons (Fsp3) is 0.929. The first-order valence-electron chi connectivity index (χ1n) is 7.34. The highest BCUT2D eigenvalue weighted by atomic mass is 16.5. The normalized spacial score (nSPS) is 25.1. The third-order valence-corrected chi connectivity index (χ3v) is 3.55. The van der Waals surface area contributed by atoms with Gasteiger partial charge in [0.05, 0.1) is 19.1 Å². The van der Waals surface area contributed by atoms with Crippen molar-refractivity contribution in [2.24, 2.45) is 5.92 Å². The van der Waals surface area contributed by atoms with Gasteiger partial charge in [-0.25, -0.2) is 0 Å². The van der Waals surface area contributed by atoms with E-state index in [4.69, 9.17) is 4.74 Å². The predicted octanol–water partition coefficient (Wildman–Crippen LogP) is 1.70. The molecule has 1 aliphatic rings. The summed E-state index contributed by atoms with van der Waals surface area (Å²) in [4.78, 5) is 12.2. The van der Waals surface area contributed by atoms with Crippen LogP contribution >= 0.6 is 0 Å². The number of hydrogen-bond donors (Lipinski definition) is 2. The van der Waals surface area contributed by atoms with Crippen LogP contribution in [0.15, 0.2) is 0 Å². The minimum atomic E-state index is -0.0255. The number of nitrogens with one attached hydrogen (secondary N) is 2. The standard InChI is InChI=1S/C14H28N2O2/c1-4-7-11(6-3)16-14(17)12-9-18-10-13(12)15-8-5-2/h11-13,15H,4-10H2,1-3H3,(H,16,17). The highest BCUT2D eigenvalue weighted by molar-refractivity contribution is 5.80. The molecule has 1 fully saturated rings. The highest BCUT2D eigenvalue weighted by Gasteiger charge is 2.34. The van der Waals surface area contributed by atoms with Crippen molar-refractivity contribution in [1.82, 2.24) is 10.6 Å². The SMILES string of the molecule is CCCNC1COCC1C(=O)NC(CC)CCC. The zero-order chi connectivity index (χ0) is 13.4. The number of carbonyl (C=O) groups is 1. The first kappa shape index (κ1) is 15.4. The zero-order valence-electron chi connectivity index (χ0n) is 12.0. The van der Waals surface area contributed by atoms with Crippen LogP contribution in [-0.4, -0.2) is 37.7 Å². The van der Waals surface area contributed by atoms with E-state index in [0.29, 0.717) is 19.3 Å². The summed E-state index contributed by atoms with van der Waals surface area (Å²) >= 11 is 0. The molecule has 0 aromatic carbocycles. The van der Waals surface area contributed by atoms with Crippen LogP contribution in [0.25, 0.3) is 0 Å². The van der Waals surface area contributed by atoms with Crippen molar-refractivity contribution in [3.8, 4) is 0 Å². The predicted molar refractivity (Wildman–Crippen MR) is 73.5 cm³/mol. The number of carbonyl (C=O) groups excluding carboxylic acids is 1. The Hall–Kier alpha value is -0.610. The molecule has 1 amide bonds. The van der Waals surface area contributed by atoms with E-state index >= 15 is 0 Å². The molecular weight excluding hydrogens is 228 g/mol. The monoisotopic (exact) mass is 256 g/mol. The smallest absolute Gasteiger partial charge is 0.227 e. The average Bonchev–Trinajstić information content (AvgIpc) is 2.84. The van der Waals surface area contributed by atoms with E-state index in [2.05, 4.69) is 31.4 Å². The largest absolute Gasteiger partial charge is 0.379 e. The van der Waals surface area contributed by atoms with Gasteiger partial charge in [-0.05, 0) is 25.8 Å². The lowest BCUT2D eigenvalue weighted by molar-refractivity contribution is -0.126. The second kappa shape index (κ2) is 8.48. The minimum absolute atomic E-state index is 0.0255. The van der Waals surface area contributed by atoms with Crippen LogP contribution < -0.4 is 10.6 Å². The Balaban J connectivity index is 2.43. The van der Waals surface area contributed by atoms with Crippen molar-refractivity contribution >= 4 is 5.91 Å². The van der Waals surface area contributed by atoms with Crippen molar-refractivity contribution in [2.45, 2.75) is 58.5 Å². The summed E-state index contributed by atoms with van der Waals surface area (Å²) in [7, 11) is 0. The third-order valence-electron chi connectivity index (χ3n) is 3.55. The van der Waals surface area contributed by atoms with Crippen LogP contribution in [0.4, 0.5) is 0 Å². The molecule has 0 radical (unpaired) electrons. The quantitative estimate of drug-likeness (QED) is 0.695. The third kappa shape index (κ3) is 4.58. The molecule has 0 spiro atoms. The van der Waals surface area contributed by atoms with Crippen molar-refractivity contribution in [3.63, 3.8) is 0 Å². The Morgan fingerprint density at radius 3 is 2.67 bits per heavy atom. The second-order valence-electron chi connectivity index (χ2n) is 5.11. The van der Waals surface area contributed by atoms with Gasteiger partial charge in [0.1, 0.15) is 0 Å². The van der Waals surface area contributed by atoms with E-state index in [1.54, 1.807) is 0 Å². The van der Waals surface area contributed by atoms with Gasteiger partial charge in [-0.2, -0.15) is 0 Å². The molecule has 0 aliphatic carbocycles. The molecular formula is C14H28N2O2. The van der Waals surface area contributed by atoms with Gasteiger partial charge in [0.15, 0.2) is 0 Å². The second-order valence-corrected chi connectivity index (χ2v) is 5.11. The maximum Gasteiger partial charge on any atom is 0.227 e. The summed E-state index contributed by atoms with van der Waals surface area (Å²) in [5.74, 6) is 0.129. The molecule has 1 saturated heterocycles. The lowest BCUT2D eigenvalue weighted by Gasteiger charge is -2.22. The van der Waals surface area contributed by atoms with Crippen molar-refractivity contribution in [1.29, 1.82) is 0 Å². The van der Waals surface area contributed by atoms with E-state index in [0.717, 1.165) is 32.2 Å². The Morgan fingerprint density at radius 2 is 2.06 bits per heavy atom. The molecule has 2 N–H and O–H groups in total. The molecule has 106 valence electrons. The molecule has 0 bridgehead atoms. The Kier molecular flexibility index (Phi) is 7.28. The van der Waals surface area contributed by atoms with Gasteiger partial charge >= 0.3 is 0 Å². The highest BCUT2D eigenvalue weighted by Crippen LogP contribution is 2.15. The van der Waals surface area contributed by atoms with Gasteiger partial charge in [-0.1, -0.05) is 27.2 Å². The summed E-state index contributed by atoms with van der Waals surface area (Å²) in [5, 5.41) is 6.56.